The SMILES string of the molecule is CC(C)C(=O)OCC1=CC(O[Si](C)(C)C(C)(C)C)C(n2ccc(NO)nc2=O)O1. The lowest BCUT2D eigenvalue weighted by molar-refractivity contribution is -0.147. The third-order valence-electron chi connectivity index (χ3n) is 5.19. The second kappa shape index (κ2) is 8.68. The summed E-state index contributed by atoms with van der Waals surface area (Å²) in [4.78, 5) is 28.0. The van der Waals surface area contributed by atoms with E-state index in [2.05, 4.69) is 38.8 Å². The quantitative estimate of drug-likeness (QED) is 0.389. The highest BCUT2D eigenvalue weighted by molar-refractivity contribution is 6.74. The van der Waals surface area contributed by atoms with E-state index in [1.807, 2.05) is 5.48 Å². The number of hydrogen-bond acceptors (Lipinski definition) is 8. The Morgan fingerprint density at radius 2 is 2.07 bits per heavy atom. The van der Waals surface area contributed by atoms with Crippen molar-refractivity contribution in [3.8, 4) is 0 Å². The Labute approximate surface area is 171 Å². The second-order valence-electron chi connectivity index (χ2n) is 8.86. The third kappa shape index (κ3) is 5.46. The molecule has 0 saturated carbocycles. The van der Waals surface area contributed by atoms with Crippen LogP contribution in [0.5, 0.6) is 0 Å². The Morgan fingerprint density at radius 3 is 2.59 bits per heavy atom. The van der Waals surface area contributed by atoms with E-state index in [0.717, 1.165) is 0 Å². The molecule has 0 aliphatic carbocycles. The average Bonchev–Trinajstić information content (AvgIpc) is 3.00. The molecule has 0 amide bonds. The van der Waals surface area contributed by atoms with Crippen LogP contribution in [0.1, 0.15) is 40.8 Å². The molecule has 10 heteroatoms. The summed E-state index contributed by atoms with van der Waals surface area (Å²) in [5.74, 6) is -0.136. The molecule has 1 aliphatic rings. The second-order valence-corrected chi connectivity index (χ2v) is 13.6. The first-order valence-electron chi connectivity index (χ1n) is 9.57. The van der Waals surface area contributed by atoms with Crippen LogP contribution in [0.3, 0.4) is 0 Å². The van der Waals surface area contributed by atoms with Crippen LogP contribution in [0, 0.1) is 5.92 Å². The lowest BCUT2D eigenvalue weighted by Gasteiger charge is -2.39. The fourth-order valence-electron chi connectivity index (χ4n) is 2.41. The zero-order valence-electron chi connectivity index (χ0n) is 18.1. The monoisotopic (exact) mass is 425 g/mol. The summed E-state index contributed by atoms with van der Waals surface area (Å²) in [6.07, 6.45) is 1.89. The van der Waals surface area contributed by atoms with Gasteiger partial charge in [0, 0.05) is 6.20 Å². The largest absolute Gasteiger partial charge is 0.468 e. The number of aromatic nitrogens is 2. The molecule has 0 bridgehead atoms. The number of esters is 1. The van der Waals surface area contributed by atoms with Gasteiger partial charge in [-0.25, -0.2) is 4.79 Å². The van der Waals surface area contributed by atoms with Gasteiger partial charge in [-0.2, -0.15) is 4.98 Å². The van der Waals surface area contributed by atoms with Crippen molar-refractivity contribution < 1.29 is 23.9 Å². The molecular weight excluding hydrogens is 394 g/mol. The van der Waals surface area contributed by atoms with Crippen LogP contribution in [0.25, 0.3) is 0 Å². The molecule has 0 spiro atoms. The minimum atomic E-state index is -2.19. The van der Waals surface area contributed by atoms with Gasteiger partial charge in [0.25, 0.3) is 0 Å². The lowest BCUT2D eigenvalue weighted by Crippen LogP contribution is -2.46. The Morgan fingerprint density at radius 1 is 1.41 bits per heavy atom. The summed E-state index contributed by atoms with van der Waals surface area (Å²) in [7, 11) is -2.19. The highest BCUT2D eigenvalue weighted by Crippen LogP contribution is 2.40. The number of ether oxygens (including phenoxy) is 2. The van der Waals surface area contributed by atoms with Crippen LogP contribution in [0.2, 0.25) is 18.1 Å². The molecule has 0 radical (unpaired) electrons. The average molecular weight is 426 g/mol. The van der Waals surface area contributed by atoms with Crippen molar-refractivity contribution in [1.29, 1.82) is 0 Å². The van der Waals surface area contributed by atoms with Gasteiger partial charge in [0.15, 0.2) is 14.1 Å². The Kier molecular flexibility index (Phi) is 6.92. The number of nitrogens with one attached hydrogen (secondary N) is 1. The maximum absolute atomic E-state index is 12.4. The molecule has 2 rings (SSSR count). The molecule has 2 N–H and O–H groups in total. The third-order valence-corrected chi connectivity index (χ3v) is 9.66. The van der Waals surface area contributed by atoms with Crippen molar-refractivity contribution >= 4 is 20.1 Å². The predicted octanol–water partition coefficient (Wildman–Crippen LogP) is 3.05. The lowest BCUT2D eigenvalue weighted by atomic mass is 10.2. The summed E-state index contributed by atoms with van der Waals surface area (Å²) < 4.78 is 19.0. The smallest absolute Gasteiger partial charge is 0.352 e. The molecule has 2 heterocycles. The normalized spacial score (nSPS) is 19.7. The number of hydrogen-bond donors (Lipinski definition) is 2. The molecular formula is C19H31N3O6Si. The predicted molar refractivity (Wildman–Crippen MR) is 110 cm³/mol. The van der Waals surface area contributed by atoms with Crippen molar-refractivity contribution in [3.05, 3.63) is 34.6 Å². The molecule has 0 aromatic carbocycles. The molecule has 162 valence electrons. The molecule has 9 nitrogen and oxygen atoms in total. The molecule has 0 fully saturated rings. The van der Waals surface area contributed by atoms with E-state index in [1.54, 1.807) is 19.9 Å². The van der Waals surface area contributed by atoms with Crippen molar-refractivity contribution in [2.75, 3.05) is 12.1 Å². The number of carbonyl (C=O) groups excluding carboxylic acids is 1. The fraction of sp³-hybridized carbons (Fsp3) is 0.632. The first-order chi connectivity index (χ1) is 13.4. The Balaban J connectivity index is 2.31. The zero-order chi connectivity index (χ0) is 22.0. The molecule has 1 aromatic rings. The van der Waals surface area contributed by atoms with Gasteiger partial charge in [-0.3, -0.25) is 20.0 Å². The first-order valence-corrected chi connectivity index (χ1v) is 12.5. The highest BCUT2D eigenvalue weighted by Gasteiger charge is 2.43. The molecule has 0 saturated heterocycles. The van der Waals surface area contributed by atoms with E-state index in [1.165, 1.54) is 16.8 Å². The van der Waals surface area contributed by atoms with Crippen LogP contribution in [-0.2, 0) is 18.7 Å². The molecule has 1 aromatic heterocycles. The minimum Gasteiger partial charge on any atom is -0.468 e. The van der Waals surface area contributed by atoms with E-state index >= 15 is 0 Å². The number of nitrogens with zero attached hydrogens (tertiary/aromatic N) is 2. The van der Waals surface area contributed by atoms with E-state index in [-0.39, 0.29) is 29.4 Å². The maximum atomic E-state index is 12.4. The minimum absolute atomic E-state index is 0.0326. The van der Waals surface area contributed by atoms with Gasteiger partial charge in [-0.15, -0.1) is 0 Å². The number of rotatable bonds is 7. The van der Waals surface area contributed by atoms with Crippen molar-refractivity contribution in [3.63, 3.8) is 0 Å². The fourth-order valence-corrected chi connectivity index (χ4v) is 3.63. The zero-order valence-corrected chi connectivity index (χ0v) is 19.1. The maximum Gasteiger partial charge on any atom is 0.352 e. The molecule has 1 aliphatic heterocycles. The van der Waals surface area contributed by atoms with Gasteiger partial charge in [0.05, 0.1) is 5.92 Å². The van der Waals surface area contributed by atoms with Crippen molar-refractivity contribution in [2.24, 2.45) is 5.92 Å². The summed E-state index contributed by atoms with van der Waals surface area (Å²) in [5, 5.41) is 8.90. The van der Waals surface area contributed by atoms with E-state index in [4.69, 9.17) is 19.1 Å². The van der Waals surface area contributed by atoms with E-state index in [0.29, 0.717) is 5.76 Å². The van der Waals surface area contributed by atoms with Crippen LogP contribution >= 0.6 is 0 Å². The van der Waals surface area contributed by atoms with Crippen molar-refractivity contribution in [1.82, 2.24) is 9.55 Å². The van der Waals surface area contributed by atoms with E-state index < -0.39 is 26.3 Å². The number of carbonyl (C=O) groups is 1. The van der Waals surface area contributed by atoms with Gasteiger partial charge in [-0.1, -0.05) is 34.6 Å². The molecule has 29 heavy (non-hydrogen) atoms. The Bertz CT molecular complexity index is 828. The number of anilines is 1. The summed E-state index contributed by atoms with van der Waals surface area (Å²) >= 11 is 0. The van der Waals surface area contributed by atoms with Gasteiger partial charge in [-0.05, 0) is 30.3 Å². The Hall–Kier alpha value is -2.17. The van der Waals surface area contributed by atoms with E-state index in [9.17, 15) is 9.59 Å². The summed E-state index contributed by atoms with van der Waals surface area (Å²) in [5.41, 5.74) is 1.24. The summed E-state index contributed by atoms with van der Waals surface area (Å²) in [6, 6.07) is 1.45. The van der Waals surface area contributed by atoms with Crippen molar-refractivity contribution in [2.45, 2.75) is 65.1 Å². The van der Waals surface area contributed by atoms with Crippen LogP contribution in [0.4, 0.5) is 5.82 Å². The first kappa shape index (κ1) is 23.1. The molecule has 2 unspecified atom stereocenters. The highest BCUT2D eigenvalue weighted by atomic mass is 28.4. The molecule has 2 atom stereocenters. The van der Waals surface area contributed by atoms with Gasteiger partial charge < -0.3 is 13.9 Å². The van der Waals surface area contributed by atoms with Gasteiger partial charge in [0.1, 0.15) is 18.5 Å². The topological polar surface area (TPSA) is 112 Å². The summed E-state index contributed by atoms with van der Waals surface area (Å²) in [6.45, 7) is 14.0. The van der Waals surface area contributed by atoms with Gasteiger partial charge >= 0.3 is 11.7 Å². The van der Waals surface area contributed by atoms with Crippen LogP contribution < -0.4 is 11.2 Å². The van der Waals surface area contributed by atoms with Gasteiger partial charge in [0.2, 0.25) is 6.23 Å². The van der Waals surface area contributed by atoms with Crippen LogP contribution in [-0.4, -0.2) is 41.8 Å². The standard InChI is InChI=1S/C19H31N3O6Si/c1-12(2)17(23)26-11-13-10-14(28-29(6,7)19(3,4)5)16(27-13)22-9-8-15(21-25)20-18(22)24/h8-10,12,14,16,25H,11H2,1-7H3,(H,20,21,24). The van der Waals surface area contributed by atoms with Crippen LogP contribution in [0.15, 0.2) is 28.9 Å².